The Kier molecular flexibility index (Phi) is 4.59. The summed E-state index contributed by atoms with van der Waals surface area (Å²) in [6.45, 7) is 5.04. The number of hydrogen-bond acceptors (Lipinski definition) is 2. The molecule has 15 heavy (non-hydrogen) atoms. The molecule has 4 heteroatoms. The molecule has 2 amide bonds. The number of rotatable bonds is 5. The van der Waals surface area contributed by atoms with Crippen LogP contribution in [0.3, 0.4) is 0 Å². The first kappa shape index (κ1) is 12.0. The van der Waals surface area contributed by atoms with Gasteiger partial charge in [-0.3, -0.25) is 9.59 Å². The lowest BCUT2D eigenvalue weighted by Crippen LogP contribution is -2.41. The topological polar surface area (TPSA) is 58.2 Å². The van der Waals surface area contributed by atoms with Crippen LogP contribution in [0.2, 0.25) is 0 Å². The van der Waals surface area contributed by atoms with Crippen LogP contribution in [0, 0.1) is 5.92 Å². The van der Waals surface area contributed by atoms with Crippen molar-refractivity contribution in [2.45, 2.75) is 45.6 Å². The Morgan fingerprint density at radius 1 is 1.60 bits per heavy atom. The van der Waals surface area contributed by atoms with Crippen molar-refractivity contribution < 1.29 is 9.59 Å². The van der Waals surface area contributed by atoms with Crippen LogP contribution in [0.5, 0.6) is 0 Å². The van der Waals surface area contributed by atoms with Gasteiger partial charge < -0.3 is 10.6 Å². The summed E-state index contributed by atoms with van der Waals surface area (Å²) >= 11 is 0. The highest BCUT2D eigenvalue weighted by Gasteiger charge is 2.26. The zero-order valence-electron chi connectivity index (χ0n) is 9.51. The highest BCUT2D eigenvalue weighted by atomic mass is 16.2. The minimum atomic E-state index is -0.295. The van der Waals surface area contributed by atoms with E-state index in [1.54, 1.807) is 0 Å². The van der Waals surface area contributed by atoms with Gasteiger partial charge in [-0.25, -0.2) is 0 Å². The summed E-state index contributed by atoms with van der Waals surface area (Å²) < 4.78 is 0. The minimum Gasteiger partial charge on any atom is -0.354 e. The van der Waals surface area contributed by atoms with E-state index in [1.807, 2.05) is 0 Å². The molecule has 4 nitrogen and oxygen atoms in total. The lowest BCUT2D eigenvalue weighted by molar-refractivity contribution is -0.125. The third kappa shape index (κ3) is 4.32. The largest absolute Gasteiger partial charge is 0.354 e. The molecule has 1 saturated heterocycles. The second-order valence-electron chi connectivity index (χ2n) is 4.49. The third-order valence-corrected chi connectivity index (χ3v) is 2.57. The molecule has 1 heterocycles. The summed E-state index contributed by atoms with van der Waals surface area (Å²) in [5.41, 5.74) is 0. The van der Waals surface area contributed by atoms with Crippen molar-refractivity contribution in [3.05, 3.63) is 0 Å². The molecule has 1 atom stereocenters. The molecule has 0 aliphatic carbocycles. The van der Waals surface area contributed by atoms with E-state index in [1.165, 1.54) is 0 Å². The van der Waals surface area contributed by atoms with Crippen molar-refractivity contribution in [1.29, 1.82) is 0 Å². The molecule has 1 fully saturated rings. The van der Waals surface area contributed by atoms with Crippen LogP contribution >= 0.6 is 0 Å². The number of carbonyl (C=O) groups excluding carboxylic acids is 2. The van der Waals surface area contributed by atoms with Gasteiger partial charge in [0.1, 0.15) is 6.04 Å². The van der Waals surface area contributed by atoms with Crippen LogP contribution in [-0.4, -0.2) is 24.4 Å². The molecule has 1 aliphatic heterocycles. The van der Waals surface area contributed by atoms with Gasteiger partial charge in [0.15, 0.2) is 0 Å². The van der Waals surface area contributed by atoms with Gasteiger partial charge in [0.25, 0.3) is 0 Å². The molecule has 0 radical (unpaired) electrons. The SMILES string of the molecule is CC(C)CCCNC(=O)C1CCC(=O)N1. The Labute approximate surface area is 90.8 Å². The van der Waals surface area contributed by atoms with Gasteiger partial charge in [-0.05, 0) is 25.2 Å². The standard InChI is InChI=1S/C11H20N2O2/c1-8(2)4-3-7-12-11(15)9-5-6-10(14)13-9/h8-9H,3-7H2,1-2H3,(H,12,15)(H,13,14). The molecule has 0 aromatic carbocycles. The van der Waals surface area contributed by atoms with Crippen molar-refractivity contribution in [3.63, 3.8) is 0 Å². The molecule has 0 spiro atoms. The van der Waals surface area contributed by atoms with E-state index in [9.17, 15) is 9.59 Å². The average Bonchev–Trinajstić information content (AvgIpc) is 2.59. The summed E-state index contributed by atoms with van der Waals surface area (Å²) in [4.78, 5) is 22.4. The van der Waals surface area contributed by atoms with E-state index in [0.29, 0.717) is 25.3 Å². The first-order valence-electron chi connectivity index (χ1n) is 5.66. The summed E-state index contributed by atoms with van der Waals surface area (Å²) in [5.74, 6) is 0.620. The first-order chi connectivity index (χ1) is 7.09. The summed E-state index contributed by atoms with van der Waals surface area (Å²) in [7, 11) is 0. The molecular weight excluding hydrogens is 192 g/mol. The second-order valence-corrected chi connectivity index (χ2v) is 4.49. The Hall–Kier alpha value is -1.06. The molecule has 1 rings (SSSR count). The van der Waals surface area contributed by atoms with Crippen LogP contribution in [0.4, 0.5) is 0 Å². The van der Waals surface area contributed by atoms with E-state index >= 15 is 0 Å². The molecule has 0 bridgehead atoms. The molecule has 1 aliphatic rings. The molecule has 0 aromatic heterocycles. The Morgan fingerprint density at radius 2 is 2.33 bits per heavy atom. The number of amides is 2. The number of hydrogen-bond donors (Lipinski definition) is 2. The van der Waals surface area contributed by atoms with Crippen LogP contribution in [-0.2, 0) is 9.59 Å². The van der Waals surface area contributed by atoms with Crippen molar-refractivity contribution in [2.24, 2.45) is 5.92 Å². The predicted octanol–water partition coefficient (Wildman–Crippen LogP) is 0.817. The number of nitrogens with one attached hydrogen (secondary N) is 2. The van der Waals surface area contributed by atoms with E-state index in [4.69, 9.17) is 0 Å². The fourth-order valence-corrected chi connectivity index (χ4v) is 1.66. The Morgan fingerprint density at radius 3 is 2.87 bits per heavy atom. The monoisotopic (exact) mass is 212 g/mol. The Balaban J connectivity index is 2.11. The predicted molar refractivity (Wildman–Crippen MR) is 58.2 cm³/mol. The van der Waals surface area contributed by atoms with Gasteiger partial charge in [-0.2, -0.15) is 0 Å². The maximum Gasteiger partial charge on any atom is 0.242 e. The summed E-state index contributed by atoms with van der Waals surface area (Å²) in [6, 6.07) is -0.295. The van der Waals surface area contributed by atoms with Crippen LogP contribution in [0.15, 0.2) is 0 Å². The molecule has 1 unspecified atom stereocenters. The lowest BCUT2D eigenvalue weighted by atomic mass is 10.1. The van der Waals surface area contributed by atoms with Crippen LogP contribution < -0.4 is 10.6 Å². The van der Waals surface area contributed by atoms with Gasteiger partial charge >= 0.3 is 0 Å². The van der Waals surface area contributed by atoms with E-state index in [2.05, 4.69) is 24.5 Å². The zero-order valence-corrected chi connectivity index (χ0v) is 9.51. The second kappa shape index (κ2) is 5.73. The molecule has 0 saturated carbocycles. The Bertz CT molecular complexity index is 239. The first-order valence-corrected chi connectivity index (χ1v) is 5.66. The molecular formula is C11H20N2O2. The van der Waals surface area contributed by atoms with Gasteiger partial charge in [0.05, 0.1) is 0 Å². The minimum absolute atomic E-state index is 0.0164. The van der Waals surface area contributed by atoms with Crippen molar-refractivity contribution in [3.8, 4) is 0 Å². The van der Waals surface area contributed by atoms with Gasteiger partial charge in [0, 0.05) is 13.0 Å². The summed E-state index contributed by atoms with van der Waals surface area (Å²) in [5, 5.41) is 5.50. The van der Waals surface area contributed by atoms with Crippen molar-refractivity contribution >= 4 is 11.8 Å². The summed E-state index contributed by atoms with van der Waals surface area (Å²) in [6.07, 6.45) is 3.24. The van der Waals surface area contributed by atoms with E-state index in [-0.39, 0.29) is 17.9 Å². The maximum absolute atomic E-state index is 11.5. The third-order valence-electron chi connectivity index (χ3n) is 2.57. The molecule has 2 N–H and O–H groups in total. The normalized spacial score (nSPS) is 20.5. The van der Waals surface area contributed by atoms with Crippen molar-refractivity contribution in [1.82, 2.24) is 10.6 Å². The smallest absolute Gasteiger partial charge is 0.242 e. The van der Waals surface area contributed by atoms with Gasteiger partial charge in [-0.1, -0.05) is 13.8 Å². The van der Waals surface area contributed by atoms with E-state index < -0.39 is 0 Å². The number of carbonyl (C=O) groups is 2. The fraction of sp³-hybridized carbons (Fsp3) is 0.818. The average molecular weight is 212 g/mol. The van der Waals surface area contributed by atoms with E-state index in [0.717, 1.165) is 12.8 Å². The van der Waals surface area contributed by atoms with Gasteiger partial charge in [0.2, 0.25) is 11.8 Å². The molecule has 86 valence electrons. The lowest BCUT2D eigenvalue weighted by Gasteiger charge is -2.11. The quantitative estimate of drug-likeness (QED) is 0.663. The van der Waals surface area contributed by atoms with Crippen LogP contribution in [0.25, 0.3) is 0 Å². The van der Waals surface area contributed by atoms with Crippen LogP contribution in [0.1, 0.15) is 39.5 Å². The maximum atomic E-state index is 11.5. The van der Waals surface area contributed by atoms with Crippen molar-refractivity contribution in [2.75, 3.05) is 6.54 Å². The molecule has 0 aromatic rings. The highest BCUT2D eigenvalue weighted by molar-refractivity contribution is 5.90. The highest BCUT2D eigenvalue weighted by Crippen LogP contribution is 2.06. The zero-order chi connectivity index (χ0) is 11.3. The fourth-order valence-electron chi connectivity index (χ4n) is 1.66. The van der Waals surface area contributed by atoms with Gasteiger partial charge in [-0.15, -0.1) is 0 Å².